The van der Waals surface area contributed by atoms with Crippen LogP contribution in [0, 0.1) is 0 Å². The highest BCUT2D eigenvalue weighted by Gasteiger charge is 2.16. The summed E-state index contributed by atoms with van der Waals surface area (Å²) in [5.74, 6) is 0. The van der Waals surface area contributed by atoms with Crippen LogP contribution in [-0.2, 0) is 10.0 Å². The van der Waals surface area contributed by atoms with Gasteiger partial charge in [-0.2, -0.15) is 0 Å². The van der Waals surface area contributed by atoms with Crippen LogP contribution >= 0.6 is 47.8 Å². The minimum absolute atomic E-state index is 0.102. The van der Waals surface area contributed by atoms with Crippen molar-refractivity contribution < 1.29 is 8.42 Å². The first-order chi connectivity index (χ1) is 9.29. The molecule has 0 aliphatic carbocycles. The SMILES string of the molecule is Nc1cc(S(=O)(=O)Nc2cc(Br)ccc2Br)ccc1Br. The number of nitrogens with two attached hydrogens (primary N) is 1. The second kappa shape index (κ2) is 6.05. The summed E-state index contributed by atoms with van der Waals surface area (Å²) < 4.78 is 29.2. The van der Waals surface area contributed by atoms with E-state index in [9.17, 15) is 8.42 Å². The fourth-order valence-corrected chi connectivity index (χ4v) is 3.66. The van der Waals surface area contributed by atoms with Crippen molar-refractivity contribution in [2.45, 2.75) is 4.90 Å². The Bertz CT molecular complexity index is 763. The summed E-state index contributed by atoms with van der Waals surface area (Å²) in [6.07, 6.45) is 0. The van der Waals surface area contributed by atoms with E-state index in [0.717, 1.165) is 4.47 Å². The third kappa shape index (κ3) is 3.55. The molecular weight excluding hydrogens is 476 g/mol. The lowest BCUT2D eigenvalue weighted by Gasteiger charge is -2.11. The first-order valence-electron chi connectivity index (χ1n) is 5.32. The van der Waals surface area contributed by atoms with Crippen LogP contribution in [0.15, 0.2) is 54.7 Å². The van der Waals surface area contributed by atoms with Gasteiger partial charge >= 0.3 is 0 Å². The number of hydrogen-bond acceptors (Lipinski definition) is 3. The van der Waals surface area contributed by atoms with Crippen molar-refractivity contribution in [3.05, 3.63) is 49.8 Å². The van der Waals surface area contributed by atoms with Crippen molar-refractivity contribution in [2.75, 3.05) is 10.5 Å². The Kier molecular flexibility index (Phi) is 4.78. The molecule has 0 aliphatic heterocycles. The number of nitrogens with one attached hydrogen (secondary N) is 1. The smallest absolute Gasteiger partial charge is 0.262 e. The van der Waals surface area contributed by atoms with Gasteiger partial charge in [0, 0.05) is 19.1 Å². The summed E-state index contributed by atoms with van der Waals surface area (Å²) in [5, 5.41) is 0. The molecule has 4 nitrogen and oxygen atoms in total. The molecule has 8 heteroatoms. The average molecular weight is 485 g/mol. The van der Waals surface area contributed by atoms with Gasteiger partial charge < -0.3 is 5.73 Å². The molecule has 0 aliphatic rings. The van der Waals surface area contributed by atoms with Gasteiger partial charge in [0.15, 0.2) is 0 Å². The summed E-state index contributed by atoms with van der Waals surface area (Å²) in [4.78, 5) is 0.102. The molecular formula is C12H9Br3N2O2S. The van der Waals surface area contributed by atoms with Gasteiger partial charge in [-0.1, -0.05) is 15.9 Å². The predicted octanol–water partition coefficient (Wildman–Crippen LogP) is 4.36. The minimum atomic E-state index is -3.69. The molecule has 0 aromatic heterocycles. The molecule has 0 radical (unpaired) electrons. The van der Waals surface area contributed by atoms with E-state index in [0.29, 0.717) is 20.3 Å². The van der Waals surface area contributed by atoms with E-state index >= 15 is 0 Å². The lowest BCUT2D eigenvalue weighted by molar-refractivity contribution is 0.601. The molecule has 0 unspecified atom stereocenters. The highest BCUT2D eigenvalue weighted by molar-refractivity contribution is 9.11. The molecule has 0 bridgehead atoms. The maximum absolute atomic E-state index is 12.3. The van der Waals surface area contributed by atoms with E-state index in [4.69, 9.17) is 5.73 Å². The van der Waals surface area contributed by atoms with Crippen LogP contribution in [0.25, 0.3) is 0 Å². The number of rotatable bonds is 3. The van der Waals surface area contributed by atoms with Crippen molar-refractivity contribution in [3.63, 3.8) is 0 Å². The predicted molar refractivity (Wildman–Crippen MR) is 91.2 cm³/mol. The fourth-order valence-electron chi connectivity index (χ4n) is 1.47. The van der Waals surface area contributed by atoms with Crippen molar-refractivity contribution in [2.24, 2.45) is 0 Å². The monoisotopic (exact) mass is 482 g/mol. The fraction of sp³-hybridized carbons (Fsp3) is 0. The van der Waals surface area contributed by atoms with Gasteiger partial charge in [0.2, 0.25) is 0 Å². The Morgan fingerprint density at radius 3 is 2.25 bits per heavy atom. The summed E-state index contributed by atoms with van der Waals surface area (Å²) in [6.45, 7) is 0. The largest absolute Gasteiger partial charge is 0.398 e. The third-order valence-electron chi connectivity index (χ3n) is 2.45. The van der Waals surface area contributed by atoms with Gasteiger partial charge in [0.25, 0.3) is 10.0 Å². The van der Waals surface area contributed by atoms with E-state index in [2.05, 4.69) is 52.5 Å². The van der Waals surface area contributed by atoms with Crippen LogP contribution in [0.5, 0.6) is 0 Å². The normalized spacial score (nSPS) is 11.3. The maximum Gasteiger partial charge on any atom is 0.262 e. The van der Waals surface area contributed by atoms with Crippen LogP contribution in [0.1, 0.15) is 0 Å². The van der Waals surface area contributed by atoms with Crippen LogP contribution in [-0.4, -0.2) is 8.42 Å². The Morgan fingerprint density at radius 2 is 1.60 bits per heavy atom. The standard InChI is InChI=1S/C12H9Br3N2O2S/c13-7-1-3-10(15)12(5-7)17-20(18,19)8-2-4-9(14)11(16)6-8/h1-6,17H,16H2. The van der Waals surface area contributed by atoms with Crippen molar-refractivity contribution in [3.8, 4) is 0 Å². The van der Waals surface area contributed by atoms with Gasteiger partial charge in [-0.25, -0.2) is 8.42 Å². The summed E-state index contributed by atoms with van der Waals surface area (Å²) in [5.41, 5.74) is 6.52. The molecule has 20 heavy (non-hydrogen) atoms. The second-order valence-corrected chi connectivity index (χ2v) is 8.22. The van der Waals surface area contributed by atoms with E-state index in [-0.39, 0.29) is 4.90 Å². The number of anilines is 2. The number of hydrogen-bond donors (Lipinski definition) is 2. The quantitative estimate of drug-likeness (QED) is 0.636. The van der Waals surface area contributed by atoms with Gasteiger partial charge in [-0.15, -0.1) is 0 Å². The molecule has 0 spiro atoms. The maximum atomic E-state index is 12.3. The van der Waals surface area contributed by atoms with Crippen LogP contribution in [0.2, 0.25) is 0 Å². The molecule has 0 fully saturated rings. The zero-order valence-corrected chi connectivity index (χ0v) is 15.5. The summed E-state index contributed by atoms with van der Waals surface area (Å²) in [7, 11) is -3.69. The average Bonchev–Trinajstić information content (AvgIpc) is 2.36. The number of benzene rings is 2. The third-order valence-corrected chi connectivity index (χ3v) is 5.72. The minimum Gasteiger partial charge on any atom is -0.398 e. The van der Waals surface area contributed by atoms with E-state index in [1.165, 1.54) is 12.1 Å². The number of sulfonamides is 1. The lowest BCUT2D eigenvalue weighted by Crippen LogP contribution is -2.13. The molecule has 0 saturated heterocycles. The highest BCUT2D eigenvalue weighted by Crippen LogP contribution is 2.29. The van der Waals surface area contributed by atoms with E-state index in [1.54, 1.807) is 24.3 Å². The number of nitrogen functional groups attached to an aromatic ring is 1. The molecule has 0 heterocycles. The Labute approximate surface area is 142 Å². The Hall–Kier alpha value is -0.570. The number of halogens is 3. The van der Waals surface area contributed by atoms with Crippen LogP contribution in [0.3, 0.4) is 0 Å². The van der Waals surface area contributed by atoms with E-state index < -0.39 is 10.0 Å². The molecule has 0 atom stereocenters. The van der Waals surface area contributed by atoms with Crippen molar-refractivity contribution in [1.29, 1.82) is 0 Å². The zero-order valence-electron chi connectivity index (χ0n) is 9.90. The van der Waals surface area contributed by atoms with Crippen molar-refractivity contribution in [1.82, 2.24) is 0 Å². The molecule has 0 saturated carbocycles. The van der Waals surface area contributed by atoms with E-state index in [1.807, 2.05) is 0 Å². The first kappa shape index (κ1) is 15.8. The van der Waals surface area contributed by atoms with Crippen LogP contribution in [0.4, 0.5) is 11.4 Å². The first-order valence-corrected chi connectivity index (χ1v) is 9.19. The van der Waals surface area contributed by atoms with Gasteiger partial charge in [0.05, 0.1) is 10.6 Å². The van der Waals surface area contributed by atoms with Gasteiger partial charge in [0.1, 0.15) is 0 Å². The van der Waals surface area contributed by atoms with Gasteiger partial charge in [-0.3, -0.25) is 4.72 Å². The zero-order chi connectivity index (χ0) is 14.9. The van der Waals surface area contributed by atoms with Crippen molar-refractivity contribution >= 4 is 69.2 Å². The van der Waals surface area contributed by atoms with Crippen LogP contribution < -0.4 is 10.5 Å². The Morgan fingerprint density at radius 1 is 0.950 bits per heavy atom. The van der Waals surface area contributed by atoms with Gasteiger partial charge in [-0.05, 0) is 68.3 Å². The molecule has 2 aromatic rings. The molecule has 3 N–H and O–H groups in total. The lowest BCUT2D eigenvalue weighted by atomic mass is 10.3. The topological polar surface area (TPSA) is 72.2 Å². The Balaban J connectivity index is 2.40. The highest BCUT2D eigenvalue weighted by atomic mass is 79.9. The molecule has 2 aromatic carbocycles. The second-order valence-electron chi connectivity index (χ2n) is 3.91. The molecule has 2 rings (SSSR count). The molecule has 106 valence electrons. The summed E-state index contributed by atoms with van der Waals surface area (Å²) >= 11 is 9.83. The molecule has 0 amide bonds. The summed E-state index contributed by atoms with van der Waals surface area (Å²) in [6, 6.07) is 9.70.